The smallest absolute Gasteiger partial charge is 0.230 e. The quantitative estimate of drug-likeness (QED) is 0.324. The van der Waals surface area contributed by atoms with E-state index in [1.54, 1.807) is 23.6 Å². The van der Waals surface area contributed by atoms with Crippen molar-refractivity contribution in [3.63, 3.8) is 0 Å². The Balaban J connectivity index is 1.55. The number of nitrogens with zero attached hydrogens (tertiary/aromatic N) is 3. The van der Waals surface area contributed by atoms with Crippen LogP contribution >= 0.6 is 23.1 Å². The highest BCUT2D eigenvalue weighted by Crippen LogP contribution is 2.33. The van der Waals surface area contributed by atoms with Crippen LogP contribution in [0.15, 0.2) is 65.0 Å². The first-order valence-corrected chi connectivity index (χ1v) is 11.8. The molecule has 0 aliphatic rings. The fraction of sp³-hybridized carbons (Fsp3) is 0.208. The molecule has 0 unspecified atom stereocenters. The molecule has 0 aliphatic heterocycles. The molecule has 0 spiro atoms. The Bertz CT molecular complexity index is 1200. The maximum absolute atomic E-state index is 12.4. The van der Waals surface area contributed by atoms with Gasteiger partial charge < -0.3 is 0 Å². The monoisotopic (exact) mass is 433 g/mol. The number of aryl methyl sites for hydroxylation is 2. The second-order valence-electron chi connectivity index (χ2n) is 7.04. The van der Waals surface area contributed by atoms with Gasteiger partial charge in [0.15, 0.2) is 5.13 Å². The van der Waals surface area contributed by atoms with Crippen LogP contribution in [0.3, 0.4) is 0 Å². The first-order chi connectivity index (χ1) is 14.6. The van der Waals surface area contributed by atoms with E-state index in [2.05, 4.69) is 32.0 Å². The molecule has 0 aliphatic carbocycles. The van der Waals surface area contributed by atoms with E-state index in [1.165, 1.54) is 22.3 Å². The number of thiazole rings is 1. The van der Waals surface area contributed by atoms with Gasteiger partial charge in [-0.25, -0.2) is 9.97 Å². The fourth-order valence-corrected chi connectivity index (χ4v) is 5.29. The number of pyridine rings is 1. The summed E-state index contributed by atoms with van der Waals surface area (Å²) in [5.41, 5.74) is 5.23. The molecule has 2 heterocycles. The summed E-state index contributed by atoms with van der Waals surface area (Å²) in [6.45, 7) is 5.80. The number of para-hydroxylation sites is 2. The number of amides is 1. The van der Waals surface area contributed by atoms with Crippen LogP contribution in [0.2, 0.25) is 0 Å². The summed E-state index contributed by atoms with van der Waals surface area (Å²) in [6, 6.07) is 18.3. The Morgan fingerprint density at radius 1 is 1.10 bits per heavy atom. The van der Waals surface area contributed by atoms with Gasteiger partial charge >= 0.3 is 0 Å². The van der Waals surface area contributed by atoms with Crippen molar-refractivity contribution in [3.05, 3.63) is 76.8 Å². The molecule has 4 rings (SSSR count). The van der Waals surface area contributed by atoms with Crippen LogP contribution in [0.25, 0.3) is 10.9 Å². The SMILES string of the molecule is CCc1ccccc1N(C(C)=O)c1nc(CSc2cc(C)c3ccccc3n2)cs1. The highest BCUT2D eigenvalue weighted by atomic mass is 32.2. The summed E-state index contributed by atoms with van der Waals surface area (Å²) in [5, 5.41) is 4.91. The number of hydrogen-bond donors (Lipinski definition) is 0. The van der Waals surface area contributed by atoms with Crippen LogP contribution in [-0.4, -0.2) is 15.9 Å². The number of fused-ring (bicyclic) bond motifs is 1. The molecule has 2 aromatic heterocycles. The number of rotatable bonds is 6. The lowest BCUT2D eigenvalue weighted by atomic mass is 10.1. The van der Waals surface area contributed by atoms with Crippen molar-refractivity contribution < 1.29 is 4.79 Å². The number of thioether (sulfide) groups is 1. The van der Waals surface area contributed by atoms with Crippen molar-refractivity contribution >= 4 is 50.7 Å². The van der Waals surface area contributed by atoms with Gasteiger partial charge in [0, 0.05) is 23.4 Å². The molecule has 1 amide bonds. The van der Waals surface area contributed by atoms with Crippen LogP contribution in [0, 0.1) is 6.92 Å². The maximum Gasteiger partial charge on any atom is 0.230 e. The maximum atomic E-state index is 12.4. The lowest BCUT2D eigenvalue weighted by Gasteiger charge is -2.20. The third-order valence-corrected chi connectivity index (χ3v) is 6.75. The van der Waals surface area contributed by atoms with Gasteiger partial charge in [-0.3, -0.25) is 9.69 Å². The Morgan fingerprint density at radius 2 is 1.87 bits per heavy atom. The Labute approximate surface area is 185 Å². The highest BCUT2D eigenvalue weighted by Gasteiger charge is 2.20. The number of benzene rings is 2. The van der Waals surface area contributed by atoms with Gasteiger partial charge in [0.1, 0.15) is 0 Å². The van der Waals surface area contributed by atoms with Gasteiger partial charge in [0.25, 0.3) is 0 Å². The number of hydrogen-bond acceptors (Lipinski definition) is 5. The number of carbonyl (C=O) groups is 1. The third-order valence-electron chi connectivity index (χ3n) is 4.93. The second-order valence-corrected chi connectivity index (χ2v) is 8.87. The summed E-state index contributed by atoms with van der Waals surface area (Å²) in [5.74, 6) is 0.680. The van der Waals surface area contributed by atoms with Crippen LogP contribution in [0.1, 0.15) is 30.7 Å². The largest absolute Gasteiger partial charge is 0.274 e. The summed E-state index contributed by atoms with van der Waals surface area (Å²) in [6.07, 6.45) is 0.862. The van der Waals surface area contributed by atoms with Crippen LogP contribution in [0.4, 0.5) is 10.8 Å². The van der Waals surface area contributed by atoms with E-state index < -0.39 is 0 Å². The van der Waals surface area contributed by atoms with Gasteiger partial charge in [-0.1, -0.05) is 55.1 Å². The van der Waals surface area contributed by atoms with Crippen molar-refractivity contribution in [1.29, 1.82) is 0 Å². The molecule has 0 fully saturated rings. The molecule has 6 heteroatoms. The molecule has 0 atom stereocenters. The number of anilines is 2. The highest BCUT2D eigenvalue weighted by molar-refractivity contribution is 7.98. The minimum absolute atomic E-state index is 0.0312. The van der Waals surface area contributed by atoms with Crippen molar-refractivity contribution in [2.24, 2.45) is 0 Å². The van der Waals surface area contributed by atoms with Crippen molar-refractivity contribution in [3.8, 4) is 0 Å². The van der Waals surface area contributed by atoms with Crippen LogP contribution < -0.4 is 4.90 Å². The van der Waals surface area contributed by atoms with Gasteiger partial charge in [0.05, 0.1) is 21.9 Å². The molecule has 0 saturated heterocycles. The van der Waals surface area contributed by atoms with Crippen molar-refractivity contribution in [1.82, 2.24) is 9.97 Å². The molecular formula is C24H23N3OS2. The van der Waals surface area contributed by atoms with Crippen molar-refractivity contribution in [2.75, 3.05) is 4.90 Å². The van der Waals surface area contributed by atoms with E-state index in [-0.39, 0.29) is 5.91 Å². The topological polar surface area (TPSA) is 46.1 Å². The van der Waals surface area contributed by atoms with Crippen LogP contribution in [-0.2, 0) is 17.0 Å². The van der Waals surface area contributed by atoms with E-state index in [9.17, 15) is 4.79 Å². The first kappa shape index (κ1) is 20.6. The van der Waals surface area contributed by atoms with E-state index in [0.29, 0.717) is 10.9 Å². The molecule has 4 nitrogen and oxygen atoms in total. The second kappa shape index (κ2) is 8.98. The van der Waals surface area contributed by atoms with Crippen molar-refractivity contribution in [2.45, 2.75) is 38.0 Å². The molecule has 0 bridgehead atoms. The molecule has 0 radical (unpaired) electrons. The summed E-state index contributed by atoms with van der Waals surface area (Å²) >= 11 is 3.17. The van der Waals surface area contributed by atoms with Gasteiger partial charge in [-0.05, 0) is 42.7 Å². The Morgan fingerprint density at radius 3 is 2.67 bits per heavy atom. The molecule has 30 heavy (non-hydrogen) atoms. The minimum Gasteiger partial charge on any atom is -0.274 e. The predicted molar refractivity (Wildman–Crippen MR) is 127 cm³/mol. The third kappa shape index (κ3) is 4.25. The number of aromatic nitrogens is 2. The lowest BCUT2D eigenvalue weighted by molar-refractivity contribution is -0.115. The Hall–Kier alpha value is -2.70. The molecule has 2 aromatic carbocycles. The zero-order chi connectivity index (χ0) is 21.1. The van der Waals surface area contributed by atoms with E-state index in [1.807, 2.05) is 41.8 Å². The standard InChI is InChI=1S/C24H23N3OS2/c1-4-18-9-5-8-12-22(18)27(17(3)28)24-25-19(15-30-24)14-29-23-13-16(2)20-10-6-7-11-21(20)26-23/h5-13,15H,4,14H2,1-3H3. The fourth-order valence-electron chi connectivity index (χ4n) is 3.44. The normalized spacial score (nSPS) is 11.0. The summed E-state index contributed by atoms with van der Waals surface area (Å²) in [4.78, 5) is 23.7. The van der Waals surface area contributed by atoms with Gasteiger partial charge in [0.2, 0.25) is 5.91 Å². The van der Waals surface area contributed by atoms with Gasteiger partial charge in [-0.15, -0.1) is 11.3 Å². The Kier molecular flexibility index (Phi) is 6.16. The molecule has 0 saturated carbocycles. The summed E-state index contributed by atoms with van der Waals surface area (Å²) < 4.78 is 0. The molecule has 152 valence electrons. The van der Waals surface area contributed by atoms with E-state index >= 15 is 0 Å². The van der Waals surface area contributed by atoms with Gasteiger partial charge in [-0.2, -0.15) is 0 Å². The minimum atomic E-state index is -0.0312. The molecule has 4 aromatic rings. The lowest BCUT2D eigenvalue weighted by Crippen LogP contribution is -2.23. The van der Waals surface area contributed by atoms with Crippen LogP contribution in [0.5, 0.6) is 0 Å². The predicted octanol–water partition coefficient (Wildman–Crippen LogP) is 6.54. The zero-order valence-electron chi connectivity index (χ0n) is 17.3. The average molecular weight is 434 g/mol. The average Bonchev–Trinajstić information content (AvgIpc) is 3.21. The summed E-state index contributed by atoms with van der Waals surface area (Å²) in [7, 11) is 0. The number of carbonyl (C=O) groups excluding carboxylic acids is 1. The first-order valence-electron chi connectivity index (χ1n) is 9.89. The zero-order valence-corrected chi connectivity index (χ0v) is 18.9. The van der Waals surface area contributed by atoms with E-state index in [0.717, 1.165) is 33.9 Å². The molecule has 0 N–H and O–H groups in total. The molecular weight excluding hydrogens is 410 g/mol. The van der Waals surface area contributed by atoms with E-state index in [4.69, 9.17) is 9.97 Å².